The van der Waals surface area contributed by atoms with Gasteiger partial charge in [-0.2, -0.15) is 0 Å². The molecule has 0 amide bonds. The molecule has 0 aliphatic carbocycles. The number of ketones is 1. The lowest BCUT2D eigenvalue weighted by Crippen LogP contribution is -2.59. The lowest BCUT2D eigenvalue weighted by Gasteiger charge is -2.46. The molecule has 1 fully saturated rings. The molecule has 0 saturated carbocycles. The van der Waals surface area contributed by atoms with Crippen LogP contribution in [0.1, 0.15) is 42.4 Å². The predicted molar refractivity (Wildman–Crippen MR) is 141 cm³/mol. The number of aliphatic hydroxyl groups excluding tert-OH is 2. The van der Waals surface area contributed by atoms with Crippen molar-refractivity contribution in [1.29, 1.82) is 0 Å². The number of carbonyl (C=O) groups excluding carboxylic acids is 1. The molecule has 2 aromatic carbocycles. The zero-order valence-electron chi connectivity index (χ0n) is 21.9. The molecule has 38 heavy (non-hydrogen) atoms. The Hall–Kier alpha value is -3.66. The van der Waals surface area contributed by atoms with Crippen LogP contribution in [0, 0.1) is 12.8 Å². The molecule has 2 aromatic heterocycles. The van der Waals surface area contributed by atoms with Gasteiger partial charge in [-0.05, 0) is 39.0 Å². The fourth-order valence-electron chi connectivity index (χ4n) is 4.86. The third-order valence-corrected chi connectivity index (χ3v) is 7.56. The fourth-order valence-corrected chi connectivity index (χ4v) is 4.86. The Morgan fingerprint density at radius 3 is 2.55 bits per heavy atom. The van der Waals surface area contributed by atoms with Crippen LogP contribution in [0.2, 0.25) is 0 Å². The molecule has 0 radical (unpaired) electrons. The lowest BCUT2D eigenvalue weighted by atomic mass is 9.82. The molecule has 0 spiro atoms. The van der Waals surface area contributed by atoms with Crippen molar-refractivity contribution in [1.82, 2.24) is 4.98 Å². The number of aromatic nitrogens is 1. The highest BCUT2D eigenvalue weighted by atomic mass is 16.7. The van der Waals surface area contributed by atoms with Gasteiger partial charge in [0.1, 0.15) is 23.2 Å². The van der Waals surface area contributed by atoms with E-state index in [1.807, 2.05) is 38.1 Å². The highest BCUT2D eigenvalue weighted by Gasteiger charge is 2.48. The number of benzene rings is 2. The second-order valence-corrected chi connectivity index (χ2v) is 10.4. The molecule has 4 atom stereocenters. The zero-order valence-corrected chi connectivity index (χ0v) is 21.9. The average Bonchev–Trinajstić information content (AvgIpc) is 3.33. The highest BCUT2D eigenvalue weighted by molar-refractivity contribution is 6.01. The normalized spacial score (nSPS) is 23.0. The van der Waals surface area contributed by atoms with Crippen LogP contribution in [0.4, 0.5) is 0 Å². The highest BCUT2D eigenvalue weighted by Crippen LogP contribution is 2.39. The van der Waals surface area contributed by atoms with Crippen molar-refractivity contribution < 1.29 is 33.6 Å². The third-order valence-electron chi connectivity index (χ3n) is 7.56. The number of fused-ring (bicyclic) bond motifs is 2. The summed E-state index contributed by atoms with van der Waals surface area (Å²) in [6.07, 6.45) is -3.65. The number of aryl methyl sites for hydroxylation is 1. The maximum atomic E-state index is 13.0. The topological polar surface area (TPSA) is 131 Å². The van der Waals surface area contributed by atoms with Gasteiger partial charge in [0, 0.05) is 40.4 Å². The van der Waals surface area contributed by atoms with E-state index in [1.54, 1.807) is 32.0 Å². The summed E-state index contributed by atoms with van der Waals surface area (Å²) in [6.45, 7) is 7.13. The van der Waals surface area contributed by atoms with Crippen LogP contribution in [-0.2, 0) is 11.2 Å². The molecule has 1 saturated heterocycles. The Bertz CT molecular complexity index is 1550. The molecule has 1 aliphatic rings. The van der Waals surface area contributed by atoms with Gasteiger partial charge >= 0.3 is 5.63 Å². The van der Waals surface area contributed by atoms with Crippen molar-refractivity contribution in [3.63, 3.8) is 0 Å². The minimum Gasteiger partial charge on any atom is -0.496 e. The summed E-state index contributed by atoms with van der Waals surface area (Å²) in [5.41, 5.74) is 0.738. The van der Waals surface area contributed by atoms with Crippen LogP contribution in [-0.4, -0.2) is 52.2 Å². The smallest absolute Gasteiger partial charge is 0.339 e. The van der Waals surface area contributed by atoms with E-state index in [0.717, 1.165) is 10.9 Å². The monoisotopic (exact) mass is 521 g/mol. The van der Waals surface area contributed by atoms with Gasteiger partial charge in [-0.15, -0.1) is 0 Å². The first-order valence-corrected chi connectivity index (χ1v) is 12.5. The average molecular weight is 522 g/mol. The molecule has 1 aliphatic heterocycles. The number of nitrogens with one attached hydrogen (secondary N) is 1. The van der Waals surface area contributed by atoms with E-state index < -0.39 is 29.7 Å². The summed E-state index contributed by atoms with van der Waals surface area (Å²) in [5.74, 6) is 0.0403. The van der Waals surface area contributed by atoms with Crippen molar-refractivity contribution in [2.45, 2.75) is 58.2 Å². The van der Waals surface area contributed by atoms with Crippen LogP contribution in [0.3, 0.4) is 0 Å². The zero-order chi connectivity index (χ0) is 27.4. The molecule has 4 aromatic rings. The Balaban J connectivity index is 1.48. The van der Waals surface area contributed by atoms with E-state index in [2.05, 4.69) is 4.98 Å². The lowest BCUT2D eigenvalue weighted by molar-refractivity contribution is -0.285. The first-order valence-electron chi connectivity index (χ1n) is 12.5. The van der Waals surface area contributed by atoms with Gasteiger partial charge in [0.2, 0.25) is 6.29 Å². The Morgan fingerprint density at radius 2 is 1.84 bits per heavy atom. The predicted octanol–water partition coefficient (Wildman–Crippen LogP) is 3.89. The SMILES string of the molecule is COc1cc(OC2OC(C)(C)[C@H](C)[C@H](O)[C@@H]2O)c(C)c2oc(=O)c(CC(=O)c3cc4ccccc4[nH]3)cc12. The van der Waals surface area contributed by atoms with Crippen molar-refractivity contribution in [2.75, 3.05) is 7.11 Å². The molecule has 9 nitrogen and oxygen atoms in total. The summed E-state index contributed by atoms with van der Waals surface area (Å²) in [4.78, 5) is 29.0. The minimum atomic E-state index is -1.29. The molecular weight excluding hydrogens is 490 g/mol. The number of carbonyl (C=O) groups is 1. The van der Waals surface area contributed by atoms with Crippen LogP contribution in [0.15, 0.2) is 51.7 Å². The second-order valence-electron chi connectivity index (χ2n) is 10.4. The van der Waals surface area contributed by atoms with Gasteiger partial charge in [0.25, 0.3) is 0 Å². The number of ether oxygens (including phenoxy) is 3. The second kappa shape index (κ2) is 9.58. The largest absolute Gasteiger partial charge is 0.496 e. The number of hydrogen-bond acceptors (Lipinski definition) is 8. The molecule has 1 unspecified atom stereocenters. The number of hydrogen-bond donors (Lipinski definition) is 3. The van der Waals surface area contributed by atoms with Gasteiger partial charge in [0.05, 0.1) is 29.9 Å². The van der Waals surface area contributed by atoms with Crippen LogP contribution < -0.4 is 15.1 Å². The number of para-hydroxylation sites is 1. The van der Waals surface area contributed by atoms with E-state index in [-0.39, 0.29) is 35.0 Å². The van der Waals surface area contributed by atoms with E-state index in [0.29, 0.717) is 22.4 Å². The number of aliphatic hydroxyl groups is 2. The molecule has 5 rings (SSSR count). The number of aromatic amines is 1. The van der Waals surface area contributed by atoms with E-state index in [1.165, 1.54) is 7.11 Å². The molecule has 200 valence electrons. The van der Waals surface area contributed by atoms with Crippen molar-refractivity contribution in [2.24, 2.45) is 5.92 Å². The van der Waals surface area contributed by atoms with Crippen molar-refractivity contribution >= 4 is 27.7 Å². The van der Waals surface area contributed by atoms with Gasteiger partial charge < -0.3 is 33.8 Å². The summed E-state index contributed by atoms with van der Waals surface area (Å²) < 4.78 is 23.2. The quantitative estimate of drug-likeness (QED) is 0.257. The number of H-pyrrole nitrogens is 1. The molecule has 3 heterocycles. The Kier molecular flexibility index (Phi) is 6.54. The summed E-state index contributed by atoms with van der Waals surface area (Å²) >= 11 is 0. The number of rotatable bonds is 6. The first-order chi connectivity index (χ1) is 18.0. The summed E-state index contributed by atoms with van der Waals surface area (Å²) in [6, 6.07) is 12.5. The van der Waals surface area contributed by atoms with Gasteiger partial charge in [-0.3, -0.25) is 4.79 Å². The Morgan fingerprint density at radius 1 is 1.11 bits per heavy atom. The minimum absolute atomic E-state index is 0.154. The van der Waals surface area contributed by atoms with Crippen LogP contribution >= 0.6 is 0 Å². The first kappa shape index (κ1) is 26.0. The van der Waals surface area contributed by atoms with E-state index >= 15 is 0 Å². The molecule has 0 bridgehead atoms. The van der Waals surface area contributed by atoms with E-state index in [9.17, 15) is 19.8 Å². The molecule has 9 heteroatoms. The van der Waals surface area contributed by atoms with Crippen LogP contribution in [0.5, 0.6) is 11.5 Å². The maximum Gasteiger partial charge on any atom is 0.339 e. The number of Topliss-reactive ketones (excluding diaryl/α,β-unsaturated/α-hetero) is 1. The van der Waals surface area contributed by atoms with Crippen molar-refractivity contribution in [3.05, 3.63) is 69.7 Å². The van der Waals surface area contributed by atoms with E-state index in [4.69, 9.17) is 18.6 Å². The standard InChI is InChI=1S/C29H31NO8/c1-14-22(36-28-25(33)24(32)15(2)29(3,4)38-28)13-23(35-5)18-10-17(27(34)37-26(14)18)12-21(31)20-11-16-8-6-7-9-19(16)30-20/h6-11,13,15,24-25,28,30,32-33H,12H2,1-5H3/t15-,24+,25+,28?/m1/s1. The van der Waals surface area contributed by atoms with Crippen LogP contribution in [0.25, 0.3) is 21.9 Å². The maximum absolute atomic E-state index is 13.0. The third kappa shape index (κ3) is 4.47. The van der Waals surface area contributed by atoms with Gasteiger partial charge in [-0.1, -0.05) is 25.1 Å². The summed E-state index contributed by atoms with van der Waals surface area (Å²) in [5, 5.41) is 22.5. The van der Waals surface area contributed by atoms with Gasteiger partial charge in [0.15, 0.2) is 5.78 Å². The molecule has 3 N–H and O–H groups in total. The molecular formula is C29H31NO8. The Labute approximate surface area is 218 Å². The van der Waals surface area contributed by atoms with Crippen molar-refractivity contribution in [3.8, 4) is 11.5 Å². The van der Waals surface area contributed by atoms with Gasteiger partial charge in [-0.25, -0.2) is 4.79 Å². The fraction of sp³-hybridized carbons (Fsp3) is 0.379. The number of methoxy groups -OCH3 is 1. The summed E-state index contributed by atoms with van der Waals surface area (Å²) in [7, 11) is 1.47.